The lowest BCUT2D eigenvalue weighted by molar-refractivity contribution is 0.103. The molecule has 1 aromatic carbocycles. The third-order valence-electron chi connectivity index (χ3n) is 3.03. The third kappa shape index (κ3) is 4.40. The van der Waals surface area contributed by atoms with Gasteiger partial charge in [-0.25, -0.2) is 0 Å². The summed E-state index contributed by atoms with van der Waals surface area (Å²) in [5.41, 5.74) is 0. The van der Waals surface area contributed by atoms with Crippen molar-refractivity contribution in [1.82, 2.24) is 5.32 Å². The molecule has 2 rings (SSSR count). The number of furan rings is 1. The Morgan fingerprint density at radius 2 is 1.95 bits per heavy atom. The second-order valence-corrected chi connectivity index (χ2v) is 4.86. The molecule has 0 spiro atoms. The van der Waals surface area contributed by atoms with E-state index in [0.717, 1.165) is 17.3 Å². The molecule has 0 aliphatic heterocycles. The summed E-state index contributed by atoms with van der Waals surface area (Å²) in [5.74, 6) is 2.53. The molecule has 20 heavy (non-hydrogen) atoms. The molecule has 0 saturated heterocycles. The molecule has 2 aromatic rings. The van der Waals surface area contributed by atoms with Crippen LogP contribution in [0.15, 0.2) is 46.9 Å². The molecule has 2 N–H and O–H groups in total. The topological polar surface area (TPSA) is 54.6 Å². The largest absolute Gasteiger partial charge is 0.491 e. The molecular formula is C16H21NO3. The quantitative estimate of drug-likeness (QED) is 0.815. The van der Waals surface area contributed by atoms with E-state index in [0.29, 0.717) is 6.54 Å². The molecule has 0 aliphatic carbocycles. The number of benzene rings is 1. The Kier molecular flexibility index (Phi) is 5.21. The molecule has 0 saturated carbocycles. The Hall–Kier alpha value is -1.78. The number of nitrogens with one attached hydrogen (secondary N) is 1. The number of hydrogen-bond acceptors (Lipinski definition) is 4. The Labute approximate surface area is 119 Å². The highest BCUT2D eigenvalue weighted by molar-refractivity contribution is 5.20. The zero-order valence-electron chi connectivity index (χ0n) is 11.9. The summed E-state index contributed by atoms with van der Waals surface area (Å²) in [6.07, 6.45) is -0.561. The van der Waals surface area contributed by atoms with Gasteiger partial charge in [0, 0.05) is 6.54 Å². The van der Waals surface area contributed by atoms with Crippen LogP contribution in [0.1, 0.15) is 24.5 Å². The van der Waals surface area contributed by atoms with Crippen molar-refractivity contribution in [2.24, 2.45) is 0 Å². The Morgan fingerprint density at radius 3 is 2.60 bits per heavy atom. The van der Waals surface area contributed by atoms with E-state index in [9.17, 15) is 5.11 Å². The molecule has 2 atom stereocenters. The van der Waals surface area contributed by atoms with Gasteiger partial charge < -0.3 is 19.6 Å². The molecule has 0 aliphatic rings. The smallest absolute Gasteiger partial charge is 0.120 e. The zero-order chi connectivity index (χ0) is 14.4. The predicted octanol–water partition coefficient (Wildman–Crippen LogP) is 2.68. The van der Waals surface area contributed by atoms with Crippen LogP contribution in [0, 0.1) is 6.92 Å². The van der Waals surface area contributed by atoms with Crippen LogP contribution in [-0.2, 0) is 0 Å². The van der Waals surface area contributed by atoms with Crippen LogP contribution >= 0.6 is 0 Å². The SMILES string of the molecule is Cc1ccc(C(C)NCC(O)COc2ccccc2)o1. The lowest BCUT2D eigenvalue weighted by Crippen LogP contribution is -2.32. The maximum absolute atomic E-state index is 9.89. The normalized spacial score (nSPS) is 13.9. The first-order valence-corrected chi connectivity index (χ1v) is 6.81. The Balaban J connectivity index is 1.71. The summed E-state index contributed by atoms with van der Waals surface area (Å²) in [4.78, 5) is 0. The van der Waals surface area contributed by atoms with Crippen LogP contribution < -0.4 is 10.1 Å². The molecule has 0 fully saturated rings. The van der Waals surface area contributed by atoms with Crippen LogP contribution in [-0.4, -0.2) is 24.4 Å². The highest BCUT2D eigenvalue weighted by atomic mass is 16.5. The van der Waals surface area contributed by atoms with Crippen LogP contribution in [0.3, 0.4) is 0 Å². The minimum absolute atomic E-state index is 0.0649. The molecule has 0 radical (unpaired) electrons. The van der Waals surface area contributed by atoms with Crippen molar-refractivity contribution < 1.29 is 14.3 Å². The summed E-state index contributed by atoms with van der Waals surface area (Å²) in [6, 6.07) is 13.4. The van der Waals surface area contributed by atoms with E-state index in [1.165, 1.54) is 0 Å². The predicted molar refractivity (Wildman–Crippen MR) is 77.8 cm³/mol. The van der Waals surface area contributed by atoms with E-state index in [4.69, 9.17) is 9.15 Å². The van der Waals surface area contributed by atoms with Gasteiger partial charge in [0.1, 0.15) is 30.0 Å². The molecule has 108 valence electrons. The van der Waals surface area contributed by atoms with Crippen LogP contribution in [0.2, 0.25) is 0 Å². The van der Waals surface area contributed by atoms with Gasteiger partial charge in [-0.2, -0.15) is 0 Å². The van der Waals surface area contributed by atoms with E-state index in [1.54, 1.807) is 0 Å². The first kappa shape index (κ1) is 14.6. The Bertz CT molecular complexity index is 509. The van der Waals surface area contributed by atoms with Gasteiger partial charge in [-0.05, 0) is 38.1 Å². The molecule has 1 heterocycles. The third-order valence-corrected chi connectivity index (χ3v) is 3.03. The highest BCUT2D eigenvalue weighted by Gasteiger charge is 2.12. The van der Waals surface area contributed by atoms with Crippen LogP contribution in [0.4, 0.5) is 0 Å². The summed E-state index contributed by atoms with van der Waals surface area (Å²) in [7, 11) is 0. The number of aliphatic hydroxyl groups excluding tert-OH is 1. The summed E-state index contributed by atoms with van der Waals surface area (Å²) in [6.45, 7) is 4.64. The van der Waals surface area contributed by atoms with Crippen LogP contribution in [0.5, 0.6) is 5.75 Å². The van der Waals surface area contributed by atoms with Gasteiger partial charge in [-0.1, -0.05) is 18.2 Å². The van der Waals surface area contributed by atoms with Crippen molar-refractivity contribution in [2.45, 2.75) is 26.0 Å². The van der Waals surface area contributed by atoms with Gasteiger partial charge in [0.2, 0.25) is 0 Å². The van der Waals surface area contributed by atoms with Crippen molar-refractivity contribution in [3.8, 4) is 5.75 Å². The summed E-state index contributed by atoms with van der Waals surface area (Å²) < 4.78 is 11.0. The maximum atomic E-state index is 9.89. The van der Waals surface area contributed by atoms with Crippen molar-refractivity contribution in [1.29, 1.82) is 0 Å². The second kappa shape index (κ2) is 7.12. The highest BCUT2D eigenvalue weighted by Crippen LogP contribution is 2.15. The first-order chi connectivity index (χ1) is 9.65. The van der Waals surface area contributed by atoms with Crippen molar-refractivity contribution in [3.05, 3.63) is 54.0 Å². The minimum atomic E-state index is -0.561. The number of rotatable bonds is 7. The number of hydrogen-bond donors (Lipinski definition) is 2. The van der Waals surface area contributed by atoms with Crippen molar-refractivity contribution >= 4 is 0 Å². The number of para-hydroxylation sites is 1. The monoisotopic (exact) mass is 275 g/mol. The minimum Gasteiger partial charge on any atom is -0.491 e. The van der Waals surface area contributed by atoms with Gasteiger partial charge in [0.15, 0.2) is 0 Å². The standard InChI is InChI=1S/C16H21NO3/c1-12-8-9-16(20-12)13(2)17-10-14(18)11-19-15-6-4-3-5-7-15/h3-9,13-14,17-18H,10-11H2,1-2H3. The number of ether oxygens (including phenoxy) is 1. The molecule has 4 heteroatoms. The molecule has 2 unspecified atom stereocenters. The maximum Gasteiger partial charge on any atom is 0.120 e. The zero-order valence-corrected chi connectivity index (χ0v) is 11.9. The lowest BCUT2D eigenvalue weighted by Gasteiger charge is -2.16. The molecule has 0 amide bonds. The first-order valence-electron chi connectivity index (χ1n) is 6.81. The van der Waals surface area contributed by atoms with Crippen molar-refractivity contribution in [3.63, 3.8) is 0 Å². The van der Waals surface area contributed by atoms with Gasteiger partial charge >= 0.3 is 0 Å². The van der Waals surface area contributed by atoms with Gasteiger partial charge in [-0.15, -0.1) is 0 Å². The van der Waals surface area contributed by atoms with E-state index < -0.39 is 6.10 Å². The molecule has 0 bridgehead atoms. The van der Waals surface area contributed by atoms with Crippen molar-refractivity contribution in [2.75, 3.05) is 13.2 Å². The average Bonchev–Trinajstić information content (AvgIpc) is 2.90. The van der Waals surface area contributed by atoms with E-state index in [2.05, 4.69) is 5.32 Å². The van der Waals surface area contributed by atoms with E-state index >= 15 is 0 Å². The molecule has 1 aromatic heterocycles. The van der Waals surface area contributed by atoms with E-state index in [1.807, 2.05) is 56.3 Å². The fourth-order valence-electron chi connectivity index (χ4n) is 1.87. The van der Waals surface area contributed by atoms with Gasteiger partial charge in [0.05, 0.1) is 6.04 Å². The summed E-state index contributed by atoms with van der Waals surface area (Å²) >= 11 is 0. The van der Waals surface area contributed by atoms with Gasteiger partial charge in [0.25, 0.3) is 0 Å². The Morgan fingerprint density at radius 1 is 1.20 bits per heavy atom. The number of aliphatic hydroxyl groups is 1. The van der Waals surface area contributed by atoms with Crippen LogP contribution in [0.25, 0.3) is 0 Å². The van der Waals surface area contributed by atoms with Gasteiger partial charge in [-0.3, -0.25) is 0 Å². The second-order valence-electron chi connectivity index (χ2n) is 4.86. The van der Waals surface area contributed by atoms with E-state index in [-0.39, 0.29) is 12.6 Å². The summed E-state index contributed by atoms with van der Waals surface area (Å²) in [5, 5.41) is 13.1. The molecular weight excluding hydrogens is 254 g/mol. The average molecular weight is 275 g/mol. The lowest BCUT2D eigenvalue weighted by atomic mass is 10.2. The number of aryl methyl sites for hydroxylation is 1. The molecule has 4 nitrogen and oxygen atoms in total. The fraction of sp³-hybridized carbons (Fsp3) is 0.375. The fourth-order valence-corrected chi connectivity index (χ4v) is 1.87.